The Morgan fingerprint density at radius 1 is 0.947 bits per heavy atom. The smallest absolute Gasteiger partial charge is 0.0161 e. The minimum atomic E-state index is 0.950. The third-order valence-corrected chi connectivity index (χ3v) is 3.28. The second kappa shape index (κ2) is 7.54. The fourth-order valence-electron chi connectivity index (χ4n) is 1.57. The predicted molar refractivity (Wildman–Crippen MR) is 75.5 cm³/mol. The number of thiophene rings is 1. The number of hydrogen-bond donors (Lipinski definition) is 0. The maximum atomic E-state index is 4.61. The standard InChI is InChI=1S/C14H9N2S.ClH.Pt/c1-3-7-15-12(5-1)11-9-14(17-10-11)13-6-2-4-8-16-13;;/h1-8,10H;1H;/q-1;;+2/p-1. The van der Waals surface area contributed by atoms with Gasteiger partial charge in [0.25, 0.3) is 0 Å². The largest absolute Gasteiger partial charge is 0.305 e. The molecule has 0 aliphatic carbocycles. The zero-order chi connectivity index (χ0) is 13.5. The number of aromatic nitrogens is 2. The van der Waals surface area contributed by atoms with Crippen LogP contribution in [0.15, 0.2) is 54.2 Å². The first-order valence-electron chi connectivity index (χ1n) is 5.39. The monoisotopic (exact) mass is 467 g/mol. The Kier molecular flexibility index (Phi) is 5.71. The molecule has 5 heteroatoms. The second-order valence-electron chi connectivity index (χ2n) is 3.53. The first kappa shape index (κ1) is 14.4. The summed E-state index contributed by atoms with van der Waals surface area (Å²) in [6, 6.07) is 15.1. The molecule has 0 unspecified atom stereocenters. The van der Waals surface area contributed by atoms with Crippen molar-refractivity contribution in [1.82, 2.24) is 9.97 Å². The van der Waals surface area contributed by atoms with Gasteiger partial charge in [0, 0.05) is 18.1 Å². The summed E-state index contributed by atoms with van der Waals surface area (Å²) in [5.41, 5.74) is 2.93. The van der Waals surface area contributed by atoms with E-state index in [4.69, 9.17) is 0 Å². The van der Waals surface area contributed by atoms with E-state index in [1.807, 2.05) is 36.4 Å². The van der Waals surface area contributed by atoms with Crippen LogP contribution >= 0.6 is 20.8 Å². The summed E-state index contributed by atoms with van der Waals surface area (Å²) >= 11 is 3.25. The summed E-state index contributed by atoms with van der Waals surface area (Å²) in [4.78, 5) is 9.67. The van der Waals surface area contributed by atoms with Crippen molar-refractivity contribution in [1.29, 1.82) is 0 Å². The SMILES string of the molecule is [Cl][Pt+].[c-]1c(-c2ccccn2)csc1-c1ccccn1. The third-order valence-electron chi connectivity index (χ3n) is 2.38. The van der Waals surface area contributed by atoms with Gasteiger partial charge in [-0.3, -0.25) is 0 Å². The molecule has 0 aliphatic heterocycles. The van der Waals surface area contributed by atoms with Crippen LogP contribution in [-0.2, 0) is 18.8 Å². The van der Waals surface area contributed by atoms with Crippen LogP contribution < -0.4 is 0 Å². The minimum absolute atomic E-state index is 0.950. The summed E-state index contributed by atoms with van der Waals surface area (Å²) in [5, 5.41) is 2.06. The zero-order valence-electron chi connectivity index (χ0n) is 9.69. The van der Waals surface area contributed by atoms with Gasteiger partial charge >= 0.3 is 28.2 Å². The van der Waals surface area contributed by atoms with Gasteiger partial charge < -0.3 is 9.97 Å². The van der Waals surface area contributed by atoms with E-state index in [0.29, 0.717) is 0 Å². The number of hydrogen-bond acceptors (Lipinski definition) is 3. The Bertz CT molecular complexity index is 560. The van der Waals surface area contributed by atoms with Crippen LogP contribution in [0.5, 0.6) is 0 Å². The van der Waals surface area contributed by atoms with E-state index in [1.54, 1.807) is 42.5 Å². The molecule has 0 bridgehead atoms. The fourth-order valence-corrected chi connectivity index (χ4v) is 2.39. The van der Waals surface area contributed by atoms with Gasteiger partial charge in [0.1, 0.15) is 0 Å². The Balaban J connectivity index is 0.000000637. The van der Waals surface area contributed by atoms with E-state index < -0.39 is 0 Å². The van der Waals surface area contributed by atoms with Crippen LogP contribution in [0.1, 0.15) is 0 Å². The van der Waals surface area contributed by atoms with E-state index >= 15 is 0 Å². The third kappa shape index (κ3) is 3.72. The normalized spacial score (nSPS) is 9.63. The molecule has 0 amide bonds. The van der Waals surface area contributed by atoms with Crippen LogP contribution in [0.4, 0.5) is 0 Å². The van der Waals surface area contributed by atoms with E-state index in [-0.39, 0.29) is 0 Å². The quantitative estimate of drug-likeness (QED) is 0.523. The zero-order valence-corrected chi connectivity index (χ0v) is 13.5. The Hall–Kier alpha value is -1.02. The van der Waals surface area contributed by atoms with E-state index in [2.05, 4.69) is 30.8 Å². The van der Waals surface area contributed by atoms with Gasteiger partial charge in [-0.25, -0.2) is 11.3 Å². The maximum Gasteiger partial charge on any atom is 0.0161 e. The molecule has 0 spiro atoms. The van der Waals surface area contributed by atoms with Crippen LogP contribution in [0.25, 0.3) is 21.8 Å². The van der Waals surface area contributed by atoms with Crippen LogP contribution in [0.2, 0.25) is 0 Å². The van der Waals surface area contributed by atoms with Crippen LogP contribution in [0.3, 0.4) is 0 Å². The summed E-state index contributed by atoms with van der Waals surface area (Å²) in [5.74, 6) is 0. The molecule has 3 aromatic heterocycles. The molecule has 3 rings (SSSR count). The molecule has 0 fully saturated rings. The first-order chi connectivity index (χ1) is 9.43. The van der Waals surface area contributed by atoms with Gasteiger partial charge in [-0.1, -0.05) is 29.6 Å². The summed E-state index contributed by atoms with van der Waals surface area (Å²) < 4.78 is 0. The summed E-state index contributed by atoms with van der Waals surface area (Å²) in [6.07, 6.45) is 3.59. The molecule has 0 N–H and O–H groups in total. The molecule has 2 nitrogen and oxygen atoms in total. The van der Waals surface area contributed by atoms with Gasteiger partial charge in [-0.2, -0.15) is 0 Å². The van der Waals surface area contributed by atoms with Crippen molar-refractivity contribution in [3.63, 3.8) is 0 Å². The van der Waals surface area contributed by atoms with Crippen molar-refractivity contribution in [3.05, 3.63) is 60.2 Å². The van der Waals surface area contributed by atoms with E-state index in [1.165, 1.54) is 0 Å². The van der Waals surface area contributed by atoms with Gasteiger partial charge in [-0.05, 0) is 22.7 Å². The first-order valence-corrected chi connectivity index (χ1v) is 9.08. The van der Waals surface area contributed by atoms with Crippen LogP contribution in [0, 0.1) is 6.07 Å². The average molecular weight is 468 g/mol. The molecule has 0 atom stereocenters. The molecule has 0 radical (unpaired) electrons. The number of nitrogens with zero attached hydrogens (tertiary/aromatic N) is 2. The Morgan fingerprint density at radius 3 is 2.16 bits per heavy atom. The number of pyridine rings is 2. The van der Waals surface area contributed by atoms with Gasteiger partial charge in [-0.15, -0.1) is 11.6 Å². The molecule has 3 heterocycles. The van der Waals surface area contributed by atoms with Gasteiger partial charge in [0.15, 0.2) is 0 Å². The molecule has 0 aliphatic rings. The average Bonchev–Trinajstić information content (AvgIpc) is 3.01. The van der Waals surface area contributed by atoms with Crippen molar-refractivity contribution in [2.24, 2.45) is 0 Å². The van der Waals surface area contributed by atoms with Crippen molar-refractivity contribution in [2.45, 2.75) is 0 Å². The molecule has 0 aromatic carbocycles. The van der Waals surface area contributed by atoms with Crippen LogP contribution in [-0.4, -0.2) is 9.97 Å². The van der Waals surface area contributed by atoms with E-state index in [0.717, 1.165) is 21.8 Å². The predicted octanol–water partition coefficient (Wildman–Crippen LogP) is 4.36. The van der Waals surface area contributed by atoms with Crippen molar-refractivity contribution in [2.75, 3.05) is 0 Å². The molecule has 3 aromatic rings. The Morgan fingerprint density at radius 2 is 1.58 bits per heavy atom. The second-order valence-corrected chi connectivity index (χ2v) is 4.41. The molecule has 19 heavy (non-hydrogen) atoms. The molecule has 0 saturated heterocycles. The van der Waals surface area contributed by atoms with Gasteiger partial charge in [0.05, 0.1) is 0 Å². The van der Waals surface area contributed by atoms with Crippen molar-refractivity contribution >= 4 is 20.8 Å². The molecule has 0 saturated carbocycles. The van der Waals surface area contributed by atoms with Crippen molar-refractivity contribution in [3.8, 4) is 21.8 Å². The fraction of sp³-hybridized carbons (Fsp3) is 0. The summed E-state index contributed by atoms with van der Waals surface area (Å²) in [6.45, 7) is 0. The molecular weight excluding hydrogens is 459 g/mol. The summed E-state index contributed by atoms with van der Waals surface area (Å²) in [7, 11) is 4.61. The van der Waals surface area contributed by atoms with Crippen molar-refractivity contribution < 1.29 is 18.8 Å². The number of halogens is 1. The van der Waals surface area contributed by atoms with E-state index in [9.17, 15) is 0 Å². The minimum Gasteiger partial charge on any atom is -0.305 e. The topological polar surface area (TPSA) is 25.8 Å². The molecule has 98 valence electrons. The Labute approximate surface area is 131 Å². The maximum absolute atomic E-state index is 4.61. The molecular formula is C14H9ClN2PtS. The van der Waals surface area contributed by atoms with Gasteiger partial charge in [0.2, 0.25) is 0 Å². The number of rotatable bonds is 2.